The lowest BCUT2D eigenvalue weighted by Gasteiger charge is -2.14. The van der Waals surface area contributed by atoms with Crippen molar-refractivity contribution in [3.63, 3.8) is 0 Å². The first-order valence-corrected chi connectivity index (χ1v) is 7.48. The van der Waals surface area contributed by atoms with Crippen molar-refractivity contribution in [2.24, 2.45) is 17.6 Å². The number of carbonyl (C=O) groups is 3. The van der Waals surface area contributed by atoms with E-state index in [0.717, 1.165) is 14.2 Å². The summed E-state index contributed by atoms with van der Waals surface area (Å²) in [5.41, 5.74) is 5.30. The molecule has 134 valence electrons. The zero-order chi connectivity index (χ0) is 17.8. The van der Waals surface area contributed by atoms with Crippen LogP contribution in [0, 0.1) is 11.8 Å². The zero-order valence-electron chi connectivity index (χ0n) is 13.9. The Morgan fingerprint density at radius 3 is 1.91 bits per heavy atom. The summed E-state index contributed by atoms with van der Waals surface area (Å²) in [5.74, 6) is -3.62. The third-order valence-electron chi connectivity index (χ3n) is 3.67. The molecular formula is C15H27NO7. The van der Waals surface area contributed by atoms with E-state index in [1.54, 1.807) is 0 Å². The highest BCUT2D eigenvalue weighted by atomic mass is 16.5. The van der Waals surface area contributed by atoms with Crippen molar-refractivity contribution in [3.05, 3.63) is 0 Å². The average molecular weight is 333 g/mol. The number of hydrogen-bond acceptors (Lipinski definition) is 8. The number of aliphatic hydroxyl groups excluding tert-OH is 1. The molecule has 0 aromatic rings. The minimum absolute atomic E-state index is 0.229. The van der Waals surface area contributed by atoms with Crippen molar-refractivity contribution >= 4 is 17.7 Å². The Kier molecular flexibility index (Phi) is 11.2. The van der Waals surface area contributed by atoms with E-state index in [1.807, 2.05) is 0 Å². The lowest BCUT2D eigenvalue weighted by molar-refractivity contribution is -0.162. The van der Waals surface area contributed by atoms with Gasteiger partial charge in [0.05, 0.1) is 20.3 Å². The minimum atomic E-state index is -1.55. The van der Waals surface area contributed by atoms with Gasteiger partial charge in [-0.25, -0.2) is 0 Å². The molecule has 0 bridgehead atoms. The second-order valence-electron chi connectivity index (χ2n) is 5.23. The number of ketones is 1. The molecule has 8 nitrogen and oxygen atoms in total. The Balaban J connectivity index is 0.000000459. The van der Waals surface area contributed by atoms with Gasteiger partial charge in [0.25, 0.3) is 0 Å². The van der Waals surface area contributed by atoms with E-state index < -0.39 is 23.6 Å². The first-order chi connectivity index (χ1) is 10.9. The van der Waals surface area contributed by atoms with Gasteiger partial charge in [-0.1, -0.05) is 12.8 Å². The first-order valence-electron chi connectivity index (χ1n) is 7.48. The van der Waals surface area contributed by atoms with Gasteiger partial charge in [-0.15, -0.1) is 0 Å². The maximum absolute atomic E-state index is 11.2. The van der Waals surface area contributed by atoms with Crippen LogP contribution < -0.4 is 5.73 Å². The number of ether oxygens (including phenoxy) is 3. The van der Waals surface area contributed by atoms with Crippen LogP contribution in [0.3, 0.4) is 0 Å². The van der Waals surface area contributed by atoms with Gasteiger partial charge in [-0.3, -0.25) is 14.4 Å². The van der Waals surface area contributed by atoms with Crippen LogP contribution in [0.2, 0.25) is 0 Å². The molecule has 23 heavy (non-hydrogen) atoms. The van der Waals surface area contributed by atoms with Crippen molar-refractivity contribution in [1.82, 2.24) is 0 Å². The van der Waals surface area contributed by atoms with E-state index in [9.17, 15) is 19.5 Å². The van der Waals surface area contributed by atoms with Crippen molar-refractivity contribution in [1.29, 1.82) is 0 Å². The number of esters is 2. The molecule has 8 heteroatoms. The van der Waals surface area contributed by atoms with Gasteiger partial charge in [0, 0.05) is 13.7 Å². The van der Waals surface area contributed by atoms with Crippen LogP contribution in [-0.2, 0) is 28.6 Å². The first kappa shape index (κ1) is 21.5. The summed E-state index contributed by atoms with van der Waals surface area (Å²) in [6.07, 6.45) is 4.69. The SMILES string of the molecule is COCC(=O)C(C(=O)OC)C(=O)OC.NCC(O)C1CCCC1. The zero-order valence-corrected chi connectivity index (χ0v) is 13.9. The number of hydrogen-bond donors (Lipinski definition) is 2. The van der Waals surface area contributed by atoms with Crippen LogP contribution in [0.1, 0.15) is 25.7 Å². The molecule has 0 amide bonds. The summed E-state index contributed by atoms with van der Waals surface area (Å²) in [7, 11) is 3.44. The summed E-state index contributed by atoms with van der Waals surface area (Å²) in [6.45, 7) is 0.0968. The van der Waals surface area contributed by atoms with E-state index in [0.29, 0.717) is 12.5 Å². The van der Waals surface area contributed by atoms with Crippen molar-refractivity contribution in [2.75, 3.05) is 34.5 Å². The fourth-order valence-corrected chi connectivity index (χ4v) is 2.36. The molecule has 1 atom stereocenters. The number of aliphatic hydroxyl groups is 1. The molecule has 0 saturated heterocycles. The Bertz CT molecular complexity index is 364. The molecular weight excluding hydrogens is 306 g/mol. The molecule has 1 aliphatic carbocycles. The van der Waals surface area contributed by atoms with E-state index in [2.05, 4.69) is 14.2 Å². The summed E-state index contributed by atoms with van der Waals surface area (Å²) in [4.78, 5) is 33.3. The molecule has 0 spiro atoms. The van der Waals surface area contributed by atoms with Crippen LogP contribution in [0.15, 0.2) is 0 Å². The van der Waals surface area contributed by atoms with Gasteiger partial charge in [0.15, 0.2) is 5.78 Å². The smallest absolute Gasteiger partial charge is 0.327 e. The molecule has 3 N–H and O–H groups in total. The molecule has 0 heterocycles. The normalized spacial score (nSPS) is 15.6. The number of nitrogens with two attached hydrogens (primary N) is 1. The summed E-state index contributed by atoms with van der Waals surface area (Å²) >= 11 is 0. The molecule has 0 radical (unpaired) electrons. The van der Waals surface area contributed by atoms with Crippen molar-refractivity contribution < 1.29 is 33.7 Å². The summed E-state index contributed by atoms with van der Waals surface area (Å²) in [6, 6.07) is 0. The third-order valence-corrected chi connectivity index (χ3v) is 3.67. The molecule has 1 aliphatic rings. The lowest BCUT2D eigenvalue weighted by atomic mass is 10.0. The Morgan fingerprint density at radius 2 is 1.57 bits per heavy atom. The molecule has 1 rings (SSSR count). The van der Waals surface area contributed by atoms with E-state index in [4.69, 9.17) is 5.73 Å². The molecule has 1 fully saturated rings. The molecule has 1 unspecified atom stereocenters. The predicted octanol–water partition coefficient (Wildman–Crippen LogP) is -0.340. The van der Waals surface area contributed by atoms with Crippen LogP contribution in [-0.4, -0.2) is 63.4 Å². The molecule has 0 aromatic carbocycles. The maximum atomic E-state index is 11.2. The van der Waals surface area contributed by atoms with Gasteiger partial charge in [0.2, 0.25) is 5.92 Å². The molecule has 0 aromatic heterocycles. The number of rotatable bonds is 7. The minimum Gasteiger partial charge on any atom is -0.468 e. The Morgan fingerprint density at radius 1 is 1.09 bits per heavy atom. The average Bonchev–Trinajstić information content (AvgIpc) is 3.09. The van der Waals surface area contributed by atoms with Crippen LogP contribution >= 0.6 is 0 Å². The fourth-order valence-electron chi connectivity index (χ4n) is 2.36. The fraction of sp³-hybridized carbons (Fsp3) is 0.800. The molecule has 0 aliphatic heterocycles. The largest absolute Gasteiger partial charge is 0.468 e. The standard InChI is InChI=1S/C8H12O6.C7H15NO/c1-12-4-5(9)6(7(10)13-2)8(11)14-3;8-5-7(9)6-3-1-2-4-6/h6H,4H2,1-3H3;6-7,9H,1-5,8H2. The number of carbonyl (C=O) groups excluding carboxylic acids is 3. The number of methoxy groups -OCH3 is 3. The summed E-state index contributed by atoms with van der Waals surface area (Å²) in [5, 5.41) is 9.23. The summed E-state index contributed by atoms with van der Waals surface area (Å²) < 4.78 is 13.1. The molecule has 1 saturated carbocycles. The predicted molar refractivity (Wildman–Crippen MR) is 81.4 cm³/mol. The van der Waals surface area contributed by atoms with E-state index in [1.165, 1.54) is 32.8 Å². The highest BCUT2D eigenvalue weighted by Gasteiger charge is 2.35. The van der Waals surface area contributed by atoms with Crippen molar-refractivity contribution in [2.45, 2.75) is 31.8 Å². The maximum Gasteiger partial charge on any atom is 0.327 e. The lowest BCUT2D eigenvalue weighted by Crippen LogP contribution is -2.35. The number of Topliss-reactive ketones (excluding diaryl/α,β-unsaturated/α-hetero) is 1. The van der Waals surface area contributed by atoms with Gasteiger partial charge >= 0.3 is 11.9 Å². The highest BCUT2D eigenvalue weighted by molar-refractivity contribution is 6.15. The van der Waals surface area contributed by atoms with E-state index in [-0.39, 0.29) is 12.7 Å². The van der Waals surface area contributed by atoms with Crippen LogP contribution in [0.4, 0.5) is 0 Å². The van der Waals surface area contributed by atoms with Gasteiger partial charge in [-0.2, -0.15) is 0 Å². The monoisotopic (exact) mass is 333 g/mol. The van der Waals surface area contributed by atoms with Gasteiger partial charge < -0.3 is 25.1 Å². The second-order valence-corrected chi connectivity index (χ2v) is 5.23. The highest BCUT2D eigenvalue weighted by Crippen LogP contribution is 2.26. The van der Waals surface area contributed by atoms with Crippen molar-refractivity contribution in [3.8, 4) is 0 Å². The topological polar surface area (TPSA) is 125 Å². The second kappa shape index (κ2) is 12.0. The van der Waals surface area contributed by atoms with Crippen LogP contribution in [0.25, 0.3) is 0 Å². The van der Waals surface area contributed by atoms with Crippen LogP contribution in [0.5, 0.6) is 0 Å². The van der Waals surface area contributed by atoms with Gasteiger partial charge in [0.1, 0.15) is 6.61 Å². The Labute approximate surface area is 136 Å². The Hall–Kier alpha value is -1.51. The third kappa shape index (κ3) is 7.54. The van der Waals surface area contributed by atoms with E-state index >= 15 is 0 Å². The van der Waals surface area contributed by atoms with Gasteiger partial charge in [-0.05, 0) is 18.8 Å². The quantitative estimate of drug-likeness (QED) is 0.479.